The number of nitrogens with one attached hydrogen (secondary N) is 1. The first-order valence-electron chi connectivity index (χ1n) is 1.02. The van der Waals surface area contributed by atoms with Crippen molar-refractivity contribution in [1.82, 2.24) is 5.43 Å². The Bertz CT molecular complexity index is 8.00. The first-order valence-corrected chi connectivity index (χ1v) is 1.02. The molecule has 0 unspecified atom stereocenters. The maximum atomic E-state index is 9.06. The molecule has 0 rings (SSSR count). The van der Waals surface area contributed by atoms with Gasteiger partial charge in [-0.15, -0.1) is 0 Å². The van der Waals surface area contributed by atoms with Crippen LogP contribution in [0, 0.1) is 5.21 Å². The van der Waals surface area contributed by atoms with Crippen LogP contribution in [-0.4, -0.2) is 7.05 Å². The van der Waals surface area contributed by atoms with E-state index >= 15 is 0 Å². The minimum Gasteiger partial charge on any atom is -0.615 e. The van der Waals surface area contributed by atoms with Gasteiger partial charge in [-0.2, -0.15) is 5.43 Å². The lowest BCUT2D eigenvalue weighted by atomic mass is 11.5. The molecular formula is CH6N2O. The summed E-state index contributed by atoms with van der Waals surface area (Å²) in [6.07, 6.45) is 0. The molecule has 0 heterocycles. The number of nitrogens with two attached hydrogens (primary N) is 1. The molecule has 0 spiro atoms. The molecule has 3 nitrogen and oxygen atoms in total. The van der Waals surface area contributed by atoms with E-state index in [-0.39, 0.29) is 0 Å². The Morgan fingerprint density at radius 1 is 2.00 bits per heavy atom. The fourth-order valence-corrected chi connectivity index (χ4v) is 0. The fraction of sp³-hybridized carbons (Fsp3) is 1.00. The lowest BCUT2D eigenvalue weighted by molar-refractivity contribution is -0.645. The van der Waals surface area contributed by atoms with Crippen LogP contribution in [0.2, 0.25) is 0 Å². The van der Waals surface area contributed by atoms with Crippen molar-refractivity contribution in [2.45, 2.75) is 0 Å². The molecule has 0 bridgehead atoms. The van der Waals surface area contributed by atoms with Crippen molar-refractivity contribution < 1.29 is 5.59 Å². The minimum atomic E-state index is 0.625. The van der Waals surface area contributed by atoms with E-state index in [0.717, 1.165) is 0 Å². The lowest BCUT2D eigenvalue weighted by Gasteiger charge is -1.90. The second-order valence-electron chi connectivity index (χ2n) is 0.407. The highest BCUT2D eigenvalue weighted by atomic mass is 16.5. The zero-order valence-corrected chi connectivity index (χ0v) is 2.49. The van der Waals surface area contributed by atoms with Gasteiger partial charge in [0.2, 0.25) is 0 Å². The van der Waals surface area contributed by atoms with E-state index in [4.69, 9.17) is 5.21 Å². The van der Waals surface area contributed by atoms with Gasteiger partial charge in [0.1, 0.15) is 0 Å². The third kappa shape index (κ3) is 1.88. The molecule has 0 aromatic rings. The summed E-state index contributed by atoms with van der Waals surface area (Å²) in [4.78, 5) is 0. The monoisotopic (exact) mass is 62.0 g/mol. The lowest BCUT2D eigenvalue weighted by Crippen LogP contribution is -2.86. The van der Waals surface area contributed by atoms with Gasteiger partial charge in [-0.1, -0.05) is 0 Å². The van der Waals surface area contributed by atoms with Crippen molar-refractivity contribution in [3.8, 4) is 0 Å². The zero-order valence-electron chi connectivity index (χ0n) is 2.49. The van der Waals surface area contributed by atoms with Gasteiger partial charge in [0.05, 0.1) is 0 Å². The van der Waals surface area contributed by atoms with Crippen molar-refractivity contribution in [3.63, 3.8) is 0 Å². The van der Waals surface area contributed by atoms with Crippen molar-refractivity contribution in [1.29, 1.82) is 0 Å². The standard InChI is InChI=1S/CH6N2O/c1-2-3-4/h2H,3H2,1H3. The van der Waals surface area contributed by atoms with Crippen LogP contribution in [0.5, 0.6) is 0 Å². The summed E-state index contributed by atoms with van der Waals surface area (Å²) >= 11 is 0. The molecule has 0 radical (unpaired) electrons. The predicted octanol–water partition coefficient (Wildman–Crippen LogP) is -1.82. The highest BCUT2D eigenvalue weighted by Crippen LogP contribution is 0.860. The van der Waals surface area contributed by atoms with E-state index < -0.39 is 0 Å². The summed E-state index contributed by atoms with van der Waals surface area (Å²) in [5.41, 5.74) is 2.88. The van der Waals surface area contributed by atoms with Crippen LogP contribution < -0.4 is 11.0 Å². The molecule has 0 aliphatic heterocycles. The van der Waals surface area contributed by atoms with Crippen molar-refractivity contribution in [2.24, 2.45) is 0 Å². The van der Waals surface area contributed by atoms with Crippen LogP contribution in [0.3, 0.4) is 0 Å². The van der Waals surface area contributed by atoms with Gasteiger partial charge < -0.3 is 10.8 Å². The Balaban J connectivity index is 1.97. The fourth-order valence-electron chi connectivity index (χ4n) is 0. The summed E-state index contributed by atoms with van der Waals surface area (Å²) < 4.78 is 0. The SMILES string of the molecule is CN[NH2+][O-]. The van der Waals surface area contributed by atoms with Gasteiger partial charge >= 0.3 is 0 Å². The zero-order chi connectivity index (χ0) is 3.41. The quantitative estimate of drug-likeness (QED) is 0.277. The molecule has 0 aliphatic carbocycles. The van der Waals surface area contributed by atoms with Crippen LogP contribution >= 0.6 is 0 Å². The molecule has 0 aromatic heterocycles. The molecule has 0 aliphatic rings. The van der Waals surface area contributed by atoms with Gasteiger partial charge in [-0.25, -0.2) is 0 Å². The average molecular weight is 62.1 g/mol. The molecule has 0 aromatic carbocycles. The Morgan fingerprint density at radius 2 is 2.25 bits per heavy atom. The predicted molar refractivity (Wildman–Crippen MR) is 14.4 cm³/mol. The Morgan fingerprint density at radius 3 is 2.25 bits per heavy atom. The summed E-state index contributed by atoms with van der Waals surface area (Å²) in [7, 11) is 1.56. The summed E-state index contributed by atoms with van der Waals surface area (Å²) in [5, 5.41) is 9.06. The third-order valence-corrected chi connectivity index (χ3v) is 0.118. The normalized spacial score (nSPS) is 7.50. The Kier molecular flexibility index (Phi) is 2.79. The maximum Gasteiger partial charge on any atom is 0.0334 e. The molecule has 0 saturated carbocycles. The largest absolute Gasteiger partial charge is 0.615 e. The van der Waals surface area contributed by atoms with Crippen LogP contribution in [-0.2, 0) is 0 Å². The molecular weight excluding hydrogens is 56.0 g/mol. The number of quaternary nitrogens is 1. The number of hydrogen-bond donors (Lipinski definition) is 2. The molecule has 3 heteroatoms. The van der Waals surface area contributed by atoms with Gasteiger partial charge in [0.25, 0.3) is 0 Å². The molecule has 0 fully saturated rings. The maximum absolute atomic E-state index is 9.06. The van der Waals surface area contributed by atoms with Gasteiger partial charge in [-0.05, 0) is 0 Å². The second kappa shape index (κ2) is 2.88. The van der Waals surface area contributed by atoms with E-state index in [2.05, 4.69) is 5.43 Å². The van der Waals surface area contributed by atoms with Gasteiger partial charge in [0, 0.05) is 7.05 Å². The second-order valence-corrected chi connectivity index (χ2v) is 0.407. The van der Waals surface area contributed by atoms with Crippen molar-refractivity contribution in [3.05, 3.63) is 5.21 Å². The van der Waals surface area contributed by atoms with E-state index in [1.165, 1.54) is 0 Å². The Labute approximate surface area is 24.6 Å². The summed E-state index contributed by atoms with van der Waals surface area (Å²) in [6.45, 7) is 0. The highest BCUT2D eigenvalue weighted by Gasteiger charge is 1.39. The molecule has 3 N–H and O–H groups in total. The Hall–Kier alpha value is -0.120. The minimum absolute atomic E-state index is 0.625. The summed E-state index contributed by atoms with van der Waals surface area (Å²) in [6, 6.07) is 0. The topological polar surface area (TPSA) is 51.7 Å². The number of hydrogen-bond acceptors (Lipinski definition) is 2. The first-order chi connectivity index (χ1) is 1.91. The summed E-state index contributed by atoms with van der Waals surface area (Å²) in [5.74, 6) is 0. The van der Waals surface area contributed by atoms with Crippen LogP contribution in [0.1, 0.15) is 0 Å². The molecule has 0 saturated heterocycles. The van der Waals surface area contributed by atoms with E-state index in [1.54, 1.807) is 7.05 Å². The molecule has 0 amide bonds. The van der Waals surface area contributed by atoms with E-state index in [0.29, 0.717) is 5.59 Å². The smallest absolute Gasteiger partial charge is 0.0334 e. The van der Waals surface area contributed by atoms with Gasteiger partial charge in [-0.3, -0.25) is 0 Å². The van der Waals surface area contributed by atoms with Crippen LogP contribution in [0.25, 0.3) is 0 Å². The first kappa shape index (κ1) is 3.88. The van der Waals surface area contributed by atoms with Crippen LogP contribution in [0.4, 0.5) is 0 Å². The molecule has 26 valence electrons. The number of rotatable bonds is 1. The van der Waals surface area contributed by atoms with Gasteiger partial charge in [0.15, 0.2) is 0 Å². The highest BCUT2D eigenvalue weighted by molar-refractivity contribution is 3.80. The van der Waals surface area contributed by atoms with E-state index in [9.17, 15) is 0 Å². The third-order valence-electron chi connectivity index (χ3n) is 0.118. The van der Waals surface area contributed by atoms with Crippen molar-refractivity contribution >= 4 is 0 Å². The van der Waals surface area contributed by atoms with Crippen molar-refractivity contribution in [2.75, 3.05) is 7.05 Å². The van der Waals surface area contributed by atoms with Crippen LogP contribution in [0.15, 0.2) is 0 Å². The average Bonchev–Trinajstić information content (AvgIpc) is 1.37. The molecule has 4 heavy (non-hydrogen) atoms. The van der Waals surface area contributed by atoms with E-state index in [1.807, 2.05) is 0 Å². The molecule has 0 atom stereocenters.